The van der Waals surface area contributed by atoms with Crippen LogP contribution in [0, 0.1) is 0 Å². The SMILES string of the molecule is CCN(CC)CCOc1ccccc1NC(=O)CCc1ccccc1OC. The highest BCUT2D eigenvalue weighted by Crippen LogP contribution is 2.24. The fourth-order valence-electron chi connectivity index (χ4n) is 2.89. The smallest absolute Gasteiger partial charge is 0.224 e. The van der Waals surface area contributed by atoms with Crippen LogP contribution in [0.15, 0.2) is 48.5 Å². The number of aryl methyl sites for hydroxylation is 1. The lowest BCUT2D eigenvalue weighted by atomic mass is 10.1. The Balaban J connectivity index is 1.89. The van der Waals surface area contributed by atoms with Crippen molar-refractivity contribution in [1.29, 1.82) is 0 Å². The molecule has 0 atom stereocenters. The first-order chi connectivity index (χ1) is 13.2. The number of anilines is 1. The number of hydrogen-bond donors (Lipinski definition) is 1. The molecule has 2 rings (SSSR count). The van der Waals surface area contributed by atoms with Gasteiger partial charge in [-0.2, -0.15) is 0 Å². The van der Waals surface area contributed by atoms with E-state index in [1.165, 1.54) is 0 Å². The molecule has 5 nitrogen and oxygen atoms in total. The summed E-state index contributed by atoms with van der Waals surface area (Å²) >= 11 is 0. The third-order valence-electron chi connectivity index (χ3n) is 4.53. The standard InChI is InChI=1S/C22H30N2O3/c1-4-24(5-2)16-17-27-21-13-9-7-11-19(21)23-22(25)15-14-18-10-6-8-12-20(18)26-3/h6-13H,4-5,14-17H2,1-3H3,(H,23,25). The number of para-hydroxylation sites is 3. The molecular formula is C22H30N2O3. The van der Waals surface area contributed by atoms with Crippen molar-refractivity contribution in [3.8, 4) is 11.5 Å². The van der Waals surface area contributed by atoms with Crippen LogP contribution in [-0.4, -0.2) is 44.2 Å². The van der Waals surface area contributed by atoms with Crippen molar-refractivity contribution in [2.24, 2.45) is 0 Å². The van der Waals surface area contributed by atoms with E-state index in [-0.39, 0.29) is 5.91 Å². The van der Waals surface area contributed by atoms with E-state index in [2.05, 4.69) is 24.1 Å². The zero-order chi connectivity index (χ0) is 19.5. The molecule has 0 aliphatic rings. The van der Waals surface area contributed by atoms with E-state index >= 15 is 0 Å². The van der Waals surface area contributed by atoms with E-state index in [4.69, 9.17) is 9.47 Å². The largest absolute Gasteiger partial charge is 0.496 e. The molecule has 1 N–H and O–H groups in total. The predicted octanol–water partition coefficient (Wildman–Crippen LogP) is 3.99. The summed E-state index contributed by atoms with van der Waals surface area (Å²) < 4.78 is 11.2. The summed E-state index contributed by atoms with van der Waals surface area (Å²) in [7, 11) is 1.64. The maximum atomic E-state index is 12.4. The van der Waals surface area contributed by atoms with Crippen LogP contribution in [-0.2, 0) is 11.2 Å². The van der Waals surface area contributed by atoms with Gasteiger partial charge < -0.3 is 19.7 Å². The summed E-state index contributed by atoms with van der Waals surface area (Å²) in [5.41, 5.74) is 1.74. The number of amides is 1. The molecule has 0 heterocycles. The van der Waals surface area contributed by atoms with E-state index in [0.717, 1.165) is 30.9 Å². The zero-order valence-electron chi connectivity index (χ0n) is 16.5. The number of likely N-dealkylation sites (N-methyl/N-ethyl adjacent to an activating group) is 1. The summed E-state index contributed by atoms with van der Waals surface area (Å²) in [5.74, 6) is 1.47. The Hall–Kier alpha value is -2.53. The third kappa shape index (κ3) is 6.61. The first kappa shape index (κ1) is 20.8. The molecule has 0 saturated heterocycles. The lowest BCUT2D eigenvalue weighted by molar-refractivity contribution is -0.116. The van der Waals surface area contributed by atoms with Crippen LogP contribution in [0.25, 0.3) is 0 Å². The van der Waals surface area contributed by atoms with Gasteiger partial charge in [0.05, 0.1) is 12.8 Å². The van der Waals surface area contributed by atoms with E-state index in [9.17, 15) is 4.79 Å². The second-order valence-corrected chi connectivity index (χ2v) is 6.23. The predicted molar refractivity (Wildman–Crippen MR) is 110 cm³/mol. The first-order valence-electron chi connectivity index (χ1n) is 9.53. The molecule has 0 saturated carbocycles. The van der Waals surface area contributed by atoms with Crippen molar-refractivity contribution in [3.63, 3.8) is 0 Å². The van der Waals surface area contributed by atoms with Crippen LogP contribution in [0.2, 0.25) is 0 Å². The van der Waals surface area contributed by atoms with E-state index in [1.54, 1.807) is 7.11 Å². The van der Waals surface area contributed by atoms with Crippen LogP contribution in [0.5, 0.6) is 11.5 Å². The van der Waals surface area contributed by atoms with Crippen LogP contribution >= 0.6 is 0 Å². The molecule has 2 aromatic rings. The Labute approximate surface area is 162 Å². The Morgan fingerprint density at radius 3 is 2.37 bits per heavy atom. The minimum absolute atomic E-state index is 0.0410. The molecule has 5 heteroatoms. The Kier molecular flexibility index (Phi) is 8.65. The van der Waals surface area contributed by atoms with Crippen LogP contribution in [0.3, 0.4) is 0 Å². The second-order valence-electron chi connectivity index (χ2n) is 6.23. The number of nitrogens with zero attached hydrogens (tertiary/aromatic N) is 1. The lowest BCUT2D eigenvalue weighted by Gasteiger charge is -2.19. The molecule has 0 aromatic heterocycles. The summed E-state index contributed by atoms with van der Waals surface area (Å²) in [6, 6.07) is 15.3. The number of ether oxygens (including phenoxy) is 2. The van der Waals surface area contributed by atoms with Crippen LogP contribution in [0.1, 0.15) is 25.8 Å². The highest BCUT2D eigenvalue weighted by molar-refractivity contribution is 5.92. The molecule has 27 heavy (non-hydrogen) atoms. The van der Waals surface area contributed by atoms with Gasteiger partial charge in [-0.25, -0.2) is 0 Å². The first-order valence-corrected chi connectivity index (χ1v) is 9.53. The quantitative estimate of drug-likeness (QED) is 0.650. The topological polar surface area (TPSA) is 50.8 Å². The summed E-state index contributed by atoms with van der Waals surface area (Å²) in [6.45, 7) is 7.74. The highest BCUT2D eigenvalue weighted by Gasteiger charge is 2.10. The number of carbonyl (C=O) groups is 1. The number of carbonyl (C=O) groups excluding carboxylic acids is 1. The third-order valence-corrected chi connectivity index (χ3v) is 4.53. The van der Waals surface area contributed by atoms with Gasteiger partial charge in [-0.05, 0) is 43.3 Å². The van der Waals surface area contributed by atoms with Gasteiger partial charge in [0.2, 0.25) is 5.91 Å². The monoisotopic (exact) mass is 370 g/mol. The molecule has 1 amide bonds. The Morgan fingerprint density at radius 1 is 1.00 bits per heavy atom. The normalized spacial score (nSPS) is 10.7. The minimum atomic E-state index is -0.0410. The van der Waals surface area contributed by atoms with E-state index < -0.39 is 0 Å². The van der Waals surface area contributed by atoms with Gasteiger partial charge in [-0.15, -0.1) is 0 Å². The summed E-state index contributed by atoms with van der Waals surface area (Å²) in [4.78, 5) is 14.7. The van der Waals surface area contributed by atoms with Gasteiger partial charge >= 0.3 is 0 Å². The molecule has 0 unspecified atom stereocenters. The number of methoxy groups -OCH3 is 1. The van der Waals surface area contributed by atoms with Crippen LogP contribution in [0.4, 0.5) is 5.69 Å². The van der Waals surface area contributed by atoms with Crippen molar-refractivity contribution < 1.29 is 14.3 Å². The van der Waals surface area contributed by atoms with Gasteiger partial charge in [0.25, 0.3) is 0 Å². The minimum Gasteiger partial charge on any atom is -0.496 e. The Morgan fingerprint density at radius 2 is 1.67 bits per heavy atom. The molecule has 0 fully saturated rings. The van der Waals surface area contributed by atoms with Gasteiger partial charge in [-0.1, -0.05) is 44.2 Å². The van der Waals surface area contributed by atoms with Crippen LogP contribution < -0.4 is 14.8 Å². The highest BCUT2D eigenvalue weighted by atomic mass is 16.5. The Bertz CT molecular complexity index is 714. The molecule has 2 aromatic carbocycles. The van der Waals surface area contributed by atoms with Gasteiger partial charge in [0.1, 0.15) is 18.1 Å². The van der Waals surface area contributed by atoms with Gasteiger partial charge in [0, 0.05) is 13.0 Å². The molecule has 146 valence electrons. The number of benzene rings is 2. The number of nitrogens with one attached hydrogen (secondary N) is 1. The van der Waals surface area contributed by atoms with Gasteiger partial charge in [0.15, 0.2) is 0 Å². The van der Waals surface area contributed by atoms with Crippen molar-refractivity contribution in [3.05, 3.63) is 54.1 Å². The summed E-state index contributed by atoms with van der Waals surface area (Å²) in [5, 5.41) is 2.97. The van der Waals surface area contributed by atoms with Crippen molar-refractivity contribution in [2.75, 3.05) is 38.7 Å². The maximum Gasteiger partial charge on any atom is 0.224 e. The fraction of sp³-hybridized carbons (Fsp3) is 0.409. The zero-order valence-corrected chi connectivity index (χ0v) is 16.5. The van der Waals surface area contributed by atoms with Crippen molar-refractivity contribution in [2.45, 2.75) is 26.7 Å². The number of hydrogen-bond acceptors (Lipinski definition) is 4. The fourth-order valence-corrected chi connectivity index (χ4v) is 2.89. The summed E-state index contributed by atoms with van der Waals surface area (Å²) in [6.07, 6.45) is 1.01. The maximum absolute atomic E-state index is 12.4. The van der Waals surface area contributed by atoms with Gasteiger partial charge in [-0.3, -0.25) is 4.79 Å². The molecule has 0 spiro atoms. The number of rotatable bonds is 11. The molecule has 0 radical (unpaired) electrons. The van der Waals surface area contributed by atoms with E-state index in [1.807, 2.05) is 48.5 Å². The lowest BCUT2D eigenvalue weighted by Crippen LogP contribution is -2.28. The molecule has 0 aliphatic carbocycles. The van der Waals surface area contributed by atoms with E-state index in [0.29, 0.717) is 30.9 Å². The van der Waals surface area contributed by atoms with Crippen molar-refractivity contribution >= 4 is 11.6 Å². The molecular weight excluding hydrogens is 340 g/mol. The van der Waals surface area contributed by atoms with Crippen molar-refractivity contribution in [1.82, 2.24) is 4.90 Å². The average molecular weight is 370 g/mol. The molecule has 0 aliphatic heterocycles. The average Bonchev–Trinajstić information content (AvgIpc) is 2.71. The second kappa shape index (κ2) is 11.2. The molecule has 0 bridgehead atoms.